The first-order chi connectivity index (χ1) is 13.4. The number of nitriles is 1. The zero-order valence-electron chi connectivity index (χ0n) is 14.3. The van der Waals surface area contributed by atoms with Gasteiger partial charge in [-0.15, -0.1) is 0 Å². The average Bonchev–Trinajstić information content (AvgIpc) is 3.11. The van der Waals surface area contributed by atoms with E-state index in [1.165, 1.54) is 6.07 Å². The van der Waals surface area contributed by atoms with E-state index in [1.807, 2.05) is 6.07 Å². The molecule has 2 aromatic carbocycles. The zero-order valence-corrected chi connectivity index (χ0v) is 14.3. The van der Waals surface area contributed by atoms with E-state index in [9.17, 15) is 18.4 Å². The van der Waals surface area contributed by atoms with Crippen LogP contribution in [0.15, 0.2) is 30.3 Å². The highest BCUT2D eigenvalue weighted by atomic mass is 19.1. The number of rotatable bonds is 4. The number of carbonyl (C=O) groups excluding carboxylic acids is 2. The minimum absolute atomic E-state index is 0.0108. The smallest absolute Gasteiger partial charge is 0.326 e. The van der Waals surface area contributed by atoms with Crippen LogP contribution >= 0.6 is 0 Å². The maximum atomic E-state index is 14.4. The Morgan fingerprint density at radius 2 is 1.82 bits per heavy atom. The van der Waals surface area contributed by atoms with Gasteiger partial charge in [-0.3, -0.25) is 15.5 Å². The Morgan fingerprint density at radius 1 is 1.14 bits per heavy atom. The van der Waals surface area contributed by atoms with Crippen LogP contribution in [0.5, 0.6) is 0 Å². The monoisotopic (exact) mass is 384 g/mol. The predicted octanol–water partition coefficient (Wildman–Crippen LogP) is 2.54. The Kier molecular flexibility index (Phi) is 5.17. The molecule has 10 heteroatoms. The van der Waals surface area contributed by atoms with Crippen LogP contribution in [0.2, 0.25) is 0 Å². The molecule has 0 aromatic heterocycles. The molecule has 142 valence electrons. The van der Waals surface area contributed by atoms with Gasteiger partial charge in [-0.05, 0) is 29.8 Å². The minimum atomic E-state index is -1.22. The van der Waals surface area contributed by atoms with E-state index >= 15 is 0 Å². The highest BCUT2D eigenvalue weighted by Gasteiger charge is 2.17. The van der Waals surface area contributed by atoms with Gasteiger partial charge in [0.2, 0.25) is 0 Å². The van der Waals surface area contributed by atoms with Gasteiger partial charge < -0.3 is 16.0 Å². The van der Waals surface area contributed by atoms with Crippen molar-refractivity contribution in [1.82, 2.24) is 5.32 Å². The topological polar surface area (TPSA) is 130 Å². The van der Waals surface area contributed by atoms with E-state index < -0.39 is 29.3 Å². The molecule has 8 nitrogen and oxygen atoms in total. The van der Waals surface area contributed by atoms with Crippen molar-refractivity contribution in [3.63, 3.8) is 0 Å². The lowest BCUT2D eigenvalue weighted by Gasteiger charge is -2.11. The molecule has 0 aliphatic carbocycles. The summed E-state index contributed by atoms with van der Waals surface area (Å²) in [4.78, 5) is 22.9. The molecular weight excluding hydrogens is 370 g/mol. The highest BCUT2D eigenvalue weighted by Crippen LogP contribution is 2.29. The van der Waals surface area contributed by atoms with Crippen molar-refractivity contribution in [2.24, 2.45) is 0 Å². The van der Waals surface area contributed by atoms with Crippen molar-refractivity contribution in [2.45, 2.75) is 6.42 Å². The standard InChI is InChI=1S/C18H14F2N6O2/c19-12-5-10(25-18(28)26-17(27)14(22)7-21)6-13(20)11(12)3-9-1-2-15-16(4-9)24-8-23-15/h1-2,4-6,22-24H,3,8H2,(H2,25,26,27,28). The summed E-state index contributed by atoms with van der Waals surface area (Å²) in [5, 5.41) is 25.4. The fourth-order valence-corrected chi connectivity index (χ4v) is 2.66. The molecule has 3 amide bonds. The Balaban J connectivity index is 1.72. The summed E-state index contributed by atoms with van der Waals surface area (Å²) < 4.78 is 28.8. The molecule has 1 aliphatic rings. The molecule has 0 fully saturated rings. The van der Waals surface area contributed by atoms with Gasteiger partial charge in [-0.1, -0.05) is 6.07 Å². The van der Waals surface area contributed by atoms with Gasteiger partial charge in [0.15, 0.2) is 5.71 Å². The van der Waals surface area contributed by atoms with Crippen molar-refractivity contribution in [1.29, 1.82) is 10.7 Å². The first-order valence-corrected chi connectivity index (χ1v) is 8.07. The number of amides is 3. The van der Waals surface area contributed by atoms with Crippen molar-refractivity contribution in [3.05, 3.63) is 53.1 Å². The molecule has 1 heterocycles. The van der Waals surface area contributed by atoms with Crippen molar-refractivity contribution in [2.75, 3.05) is 22.6 Å². The fraction of sp³-hybridized carbons (Fsp3) is 0.111. The number of nitrogens with zero attached hydrogens (tertiary/aromatic N) is 1. The summed E-state index contributed by atoms with van der Waals surface area (Å²) in [6.07, 6.45) is 0.0108. The zero-order chi connectivity index (χ0) is 20.3. The number of imide groups is 1. The molecule has 0 unspecified atom stereocenters. The average molecular weight is 384 g/mol. The molecule has 0 bridgehead atoms. The number of carbonyl (C=O) groups is 2. The second kappa shape index (κ2) is 7.71. The third-order valence-corrected chi connectivity index (χ3v) is 3.99. The van der Waals surface area contributed by atoms with E-state index in [0.29, 0.717) is 12.2 Å². The van der Waals surface area contributed by atoms with E-state index in [0.717, 1.165) is 23.5 Å². The van der Waals surface area contributed by atoms with Crippen LogP contribution in [-0.2, 0) is 11.2 Å². The van der Waals surface area contributed by atoms with Crippen LogP contribution in [0.3, 0.4) is 0 Å². The van der Waals surface area contributed by atoms with Gasteiger partial charge in [0.1, 0.15) is 17.7 Å². The molecule has 0 saturated carbocycles. The van der Waals surface area contributed by atoms with Crippen molar-refractivity contribution < 1.29 is 18.4 Å². The quantitative estimate of drug-likeness (QED) is 0.517. The molecule has 2 aromatic rings. The second-order valence-electron chi connectivity index (χ2n) is 5.90. The number of fused-ring (bicyclic) bond motifs is 1. The maximum Gasteiger partial charge on any atom is 0.326 e. The molecule has 5 N–H and O–H groups in total. The lowest BCUT2D eigenvalue weighted by atomic mass is 10.0. The van der Waals surface area contributed by atoms with Gasteiger partial charge in [0.25, 0.3) is 5.91 Å². The number of nitrogens with one attached hydrogen (secondary N) is 5. The Morgan fingerprint density at radius 3 is 2.50 bits per heavy atom. The minimum Gasteiger partial charge on any atom is -0.366 e. The SMILES string of the molecule is N#CC(=N)C(=O)NC(=O)Nc1cc(F)c(Cc2ccc3c(c2)NCN3)c(F)c1. The van der Waals surface area contributed by atoms with Crippen LogP contribution in [0, 0.1) is 28.4 Å². The summed E-state index contributed by atoms with van der Waals surface area (Å²) in [5.74, 6) is -2.95. The number of hydrogen-bond donors (Lipinski definition) is 5. The first-order valence-electron chi connectivity index (χ1n) is 8.07. The molecule has 0 radical (unpaired) electrons. The summed E-state index contributed by atoms with van der Waals surface area (Å²) in [6.45, 7) is 0.584. The Bertz CT molecular complexity index is 1010. The fourth-order valence-electron chi connectivity index (χ4n) is 2.66. The van der Waals surface area contributed by atoms with Crippen LogP contribution in [0.25, 0.3) is 0 Å². The van der Waals surface area contributed by atoms with E-state index in [1.54, 1.807) is 17.4 Å². The van der Waals surface area contributed by atoms with Gasteiger partial charge in [-0.2, -0.15) is 5.26 Å². The Hall–Kier alpha value is -4.00. The van der Waals surface area contributed by atoms with Gasteiger partial charge in [0.05, 0.1) is 18.0 Å². The second-order valence-corrected chi connectivity index (χ2v) is 5.90. The van der Waals surface area contributed by atoms with Gasteiger partial charge in [0, 0.05) is 17.7 Å². The predicted molar refractivity (Wildman–Crippen MR) is 98.2 cm³/mol. The lowest BCUT2D eigenvalue weighted by Crippen LogP contribution is -2.38. The van der Waals surface area contributed by atoms with Crippen molar-refractivity contribution >= 4 is 34.7 Å². The van der Waals surface area contributed by atoms with Crippen molar-refractivity contribution in [3.8, 4) is 6.07 Å². The number of halogens is 2. The third kappa shape index (κ3) is 4.04. The number of hydrogen-bond acceptors (Lipinski definition) is 6. The van der Waals surface area contributed by atoms with Gasteiger partial charge in [-0.25, -0.2) is 13.6 Å². The van der Waals surface area contributed by atoms with Crippen LogP contribution < -0.4 is 21.3 Å². The van der Waals surface area contributed by atoms with Crippen LogP contribution in [-0.4, -0.2) is 24.3 Å². The normalized spacial score (nSPS) is 11.5. The molecule has 0 spiro atoms. The van der Waals surface area contributed by atoms with Crippen LogP contribution in [0.4, 0.5) is 30.6 Å². The summed E-state index contributed by atoms with van der Waals surface area (Å²) in [6, 6.07) is 7.36. The number of benzene rings is 2. The molecule has 3 rings (SSSR count). The molecule has 0 atom stereocenters. The number of urea groups is 1. The maximum absolute atomic E-state index is 14.4. The lowest BCUT2D eigenvalue weighted by molar-refractivity contribution is -0.113. The molecular formula is C18H14F2N6O2. The Labute approximate surface area is 158 Å². The van der Waals surface area contributed by atoms with Gasteiger partial charge >= 0.3 is 6.03 Å². The molecule has 1 aliphatic heterocycles. The van der Waals surface area contributed by atoms with E-state index in [2.05, 4.69) is 16.0 Å². The van der Waals surface area contributed by atoms with E-state index in [-0.39, 0.29) is 17.7 Å². The molecule has 28 heavy (non-hydrogen) atoms. The van der Waals surface area contributed by atoms with E-state index in [4.69, 9.17) is 10.7 Å². The molecule has 0 saturated heterocycles. The third-order valence-electron chi connectivity index (χ3n) is 3.99. The largest absolute Gasteiger partial charge is 0.366 e. The summed E-state index contributed by atoms with van der Waals surface area (Å²) >= 11 is 0. The first kappa shape index (κ1) is 18.8. The van der Waals surface area contributed by atoms with Crippen LogP contribution in [0.1, 0.15) is 11.1 Å². The summed E-state index contributed by atoms with van der Waals surface area (Å²) in [5.41, 5.74) is 1.11. The highest BCUT2D eigenvalue weighted by molar-refractivity contribution is 6.46. The number of anilines is 3. The summed E-state index contributed by atoms with van der Waals surface area (Å²) in [7, 11) is 0.